The number of hydrogen-bond acceptors (Lipinski definition) is 9. The molecule has 0 unspecified atom stereocenters. The molecular weight excluding hydrogens is 470 g/mol. The lowest BCUT2D eigenvalue weighted by Gasteiger charge is -2.11. The smallest absolute Gasteiger partial charge is 0.253 e. The van der Waals surface area contributed by atoms with Crippen LogP contribution in [0.1, 0.15) is 42.6 Å². The molecule has 2 aromatic heterocycles. The highest BCUT2D eigenvalue weighted by molar-refractivity contribution is 5.94. The number of hydrogen-bond donors (Lipinski definition) is 3. The third-order valence-corrected chi connectivity index (χ3v) is 5.15. The summed E-state index contributed by atoms with van der Waals surface area (Å²) in [5, 5.41) is 19.7. The van der Waals surface area contributed by atoms with Gasteiger partial charge in [-0.15, -0.1) is 10.2 Å². The van der Waals surface area contributed by atoms with E-state index in [9.17, 15) is 4.79 Å². The average molecular weight is 504 g/mol. The molecule has 2 aromatic carbocycles. The van der Waals surface area contributed by atoms with Crippen molar-refractivity contribution in [3.8, 4) is 11.5 Å². The summed E-state index contributed by atoms with van der Waals surface area (Å²) in [4.78, 5) is 22.0. The molecule has 0 radical (unpaired) electrons. The molecule has 0 fully saturated rings. The Morgan fingerprint density at radius 3 is 2.27 bits per heavy atom. The minimum absolute atomic E-state index is 0.0643. The molecule has 1 amide bonds. The third-order valence-electron chi connectivity index (χ3n) is 5.15. The van der Waals surface area contributed by atoms with Gasteiger partial charge in [-0.2, -0.15) is 4.98 Å². The van der Waals surface area contributed by atoms with E-state index in [4.69, 9.17) is 15.3 Å². The van der Waals surface area contributed by atoms with Gasteiger partial charge in [0.2, 0.25) is 11.8 Å². The molecule has 37 heavy (non-hydrogen) atoms. The van der Waals surface area contributed by atoms with Crippen molar-refractivity contribution in [3.63, 3.8) is 0 Å². The maximum absolute atomic E-state index is 11.9. The molecule has 4 aromatic rings. The number of amides is 1. The topological polar surface area (TPSA) is 143 Å². The van der Waals surface area contributed by atoms with Crippen LogP contribution < -0.4 is 11.1 Å². The first-order valence-electron chi connectivity index (χ1n) is 11.8. The molecule has 10 nitrogen and oxygen atoms in total. The maximum Gasteiger partial charge on any atom is 0.253 e. The van der Waals surface area contributed by atoms with Gasteiger partial charge in [-0.1, -0.05) is 51.1 Å². The summed E-state index contributed by atoms with van der Waals surface area (Å²) in [6.45, 7) is 6.18. The maximum atomic E-state index is 11.9. The molecule has 0 saturated carbocycles. The molecule has 4 rings (SSSR count). The number of rotatable bonds is 6. The predicted octanol–water partition coefficient (Wildman–Crippen LogP) is 4.07. The normalized spacial score (nSPS) is 10.9. The Kier molecular flexibility index (Phi) is 8.91. The van der Waals surface area contributed by atoms with Crippen LogP contribution in [-0.2, 0) is 11.8 Å². The van der Waals surface area contributed by atoms with E-state index in [1.54, 1.807) is 38.4 Å². The van der Waals surface area contributed by atoms with Crippen molar-refractivity contribution in [3.05, 3.63) is 77.8 Å². The van der Waals surface area contributed by atoms with E-state index in [2.05, 4.69) is 25.5 Å². The van der Waals surface area contributed by atoms with E-state index < -0.39 is 0 Å². The Labute approximate surface area is 216 Å². The number of benzene rings is 2. The van der Waals surface area contributed by atoms with Crippen LogP contribution >= 0.6 is 0 Å². The van der Waals surface area contributed by atoms with Crippen LogP contribution in [0.15, 0.2) is 65.2 Å². The van der Waals surface area contributed by atoms with E-state index in [1.807, 2.05) is 51.1 Å². The van der Waals surface area contributed by atoms with Crippen LogP contribution in [0, 0.1) is 0 Å². The van der Waals surface area contributed by atoms with Crippen molar-refractivity contribution < 1.29 is 14.3 Å². The van der Waals surface area contributed by atoms with E-state index in [1.165, 1.54) is 16.7 Å². The summed E-state index contributed by atoms with van der Waals surface area (Å²) < 4.78 is 5.69. The van der Waals surface area contributed by atoms with Gasteiger partial charge in [-0.3, -0.25) is 4.79 Å². The van der Waals surface area contributed by atoms with Gasteiger partial charge in [-0.25, -0.2) is 4.98 Å². The second-order valence-corrected chi connectivity index (χ2v) is 9.52. The molecule has 0 saturated heterocycles. The summed E-state index contributed by atoms with van der Waals surface area (Å²) in [6, 6.07) is 17.0. The fourth-order valence-electron chi connectivity index (χ4n) is 3.11. The summed E-state index contributed by atoms with van der Waals surface area (Å²) in [5.41, 5.74) is 8.79. The standard InChI is InChI=1S/C19H23N7O2.C8H10O/c1-19(2,3)17-25-24-15(28-17)13-10-21-18(23-14(13)20)22-12-8-6-11(7-9-12)16(27)26(4)5;9-7-6-8-4-2-1-3-5-8/h6-10H,1-5H3,(H3,20,21,22,23);1-5,9H,6-7H2. The molecular formula is C27H33N7O3. The number of nitrogen functional groups attached to an aromatic ring is 1. The highest BCUT2D eigenvalue weighted by Gasteiger charge is 2.23. The molecule has 194 valence electrons. The highest BCUT2D eigenvalue weighted by atomic mass is 16.4. The highest BCUT2D eigenvalue weighted by Crippen LogP contribution is 2.28. The summed E-state index contributed by atoms with van der Waals surface area (Å²) in [5.74, 6) is 1.27. The molecule has 0 aliphatic carbocycles. The van der Waals surface area contributed by atoms with Crippen molar-refractivity contribution in [1.29, 1.82) is 0 Å². The van der Waals surface area contributed by atoms with Gasteiger partial charge in [0, 0.05) is 43.6 Å². The quantitative estimate of drug-likeness (QED) is 0.355. The lowest BCUT2D eigenvalue weighted by molar-refractivity contribution is 0.0827. The number of carbonyl (C=O) groups is 1. The number of anilines is 3. The molecule has 0 spiro atoms. The number of nitrogens with zero attached hydrogens (tertiary/aromatic N) is 5. The van der Waals surface area contributed by atoms with E-state index in [0.717, 1.165) is 12.1 Å². The summed E-state index contributed by atoms with van der Waals surface area (Å²) >= 11 is 0. The van der Waals surface area contributed by atoms with E-state index >= 15 is 0 Å². The zero-order valence-corrected chi connectivity index (χ0v) is 21.8. The Morgan fingerprint density at radius 1 is 1.05 bits per heavy atom. The number of aliphatic hydroxyl groups excluding tert-OH is 1. The molecule has 0 atom stereocenters. The number of carbonyl (C=O) groups excluding carboxylic acids is 1. The Morgan fingerprint density at radius 2 is 1.73 bits per heavy atom. The first-order valence-corrected chi connectivity index (χ1v) is 11.8. The van der Waals surface area contributed by atoms with Gasteiger partial charge >= 0.3 is 0 Å². The molecule has 4 N–H and O–H groups in total. The van der Waals surface area contributed by atoms with Crippen molar-refractivity contribution in [1.82, 2.24) is 25.1 Å². The van der Waals surface area contributed by atoms with E-state index in [0.29, 0.717) is 23.0 Å². The lowest BCUT2D eigenvalue weighted by Crippen LogP contribution is -2.21. The van der Waals surface area contributed by atoms with Gasteiger partial charge in [0.05, 0.1) is 5.56 Å². The van der Waals surface area contributed by atoms with Gasteiger partial charge in [-0.05, 0) is 36.2 Å². The van der Waals surface area contributed by atoms with Crippen molar-refractivity contribution in [2.75, 3.05) is 31.8 Å². The van der Waals surface area contributed by atoms with Crippen LogP contribution in [0.4, 0.5) is 17.5 Å². The number of nitrogens with one attached hydrogen (secondary N) is 1. The van der Waals surface area contributed by atoms with Crippen molar-refractivity contribution in [2.45, 2.75) is 32.6 Å². The number of aromatic nitrogens is 4. The fraction of sp³-hybridized carbons (Fsp3) is 0.296. The minimum Gasteiger partial charge on any atom is -0.420 e. The second-order valence-electron chi connectivity index (χ2n) is 9.52. The van der Waals surface area contributed by atoms with Gasteiger partial charge < -0.3 is 25.5 Å². The van der Waals surface area contributed by atoms with Gasteiger partial charge in [0.1, 0.15) is 5.82 Å². The molecule has 2 heterocycles. The van der Waals surface area contributed by atoms with Crippen LogP contribution in [0.2, 0.25) is 0 Å². The molecule has 0 aliphatic rings. The van der Waals surface area contributed by atoms with Crippen molar-refractivity contribution >= 4 is 23.4 Å². The Hall–Kier alpha value is -4.31. The van der Waals surface area contributed by atoms with Crippen molar-refractivity contribution in [2.24, 2.45) is 0 Å². The second kappa shape index (κ2) is 12.1. The SMILES string of the molecule is CN(C)C(=O)c1ccc(Nc2ncc(-c3nnc(C(C)(C)C)o3)c(N)n2)cc1.OCCc1ccccc1. The number of aliphatic hydroxyl groups is 1. The monoisotopic (exact) mass is 503 g/mol. The van der Waals surface area contributed by atoms with Crippen LogP contribution in [-0.4, -0.2) is 56.8 Å². The lowest BCUT2D eigenvalue weighted by atomic mass is 9.97. The molecule has 0 aliphatic heterocycles. The summed E-state index contributed by atoms with van der Waals surface area (Å²) in [7, 11) is 3.42. The first kappa shape index (κ1) is 27.3. The first-order chi connectivity index (χ1) is 17.6. The molecule has 0 bridgehead atoms. The Balaban J connectivity index is 0.000000356. The zero-order valence-electron chi connectivity index (χ0n) is 21.8. The van der Waals surface area contributed by atoms with E-state index in [-0.39, 0.29) is 29.6 Å². The van der Waals surface area contributed by atoms with Crippen LogP contribution in [0.25, 0.3) is 11.5 Å². The van der Waals surface area contributed by atoms with Gasteiger partial charge in [0.25, 0.3) is 11.8 Å². The fourth-order valence-corrected chi connectivity index (χ4v) is 3.11. The van der Waals surface area contributed by atoms with Gasteiger partial charge in [0.15, 0.2) is 0 Å². The van der Waals surface area contributed by atoms with Crippen LogP contribution in [0.5, 0.6) is 0 Å². The predicted molar refractivity (Wildman–Crippen MR) is 143 cm³/mol. The third kappa shape index (κ3) is 7.58. The Bertz CT molecular complexity index is 1300. The molecule has 10 heteroatoms. The van der Waals surface area contributed by atoms with Crippen LogP contribution in [0.3, 0.4) is 0 Å². The number of nitrogens with two attached hydrogens (primary N) is 1. The minimum atomic E-state index is -0.261. The average Bonchev–Trinajstić information content (AvgIpc) is 3.36. The zero-order chi connectivity index (χ0) is 27.0. The summed E-state index contributed by atoms with van der Waals surface area (Å²) in [6.07, 6.45) is 2.30. The largest absolute Gasteiger partial charge is 0.420 e.